The van der Waals surface area contributed by atoms with Crippen molar-refractivity contribution in [3.05, 3.63) is 28.2 Å². The summed E-state index contributed by atoms with van der Waals surface area (Å²) in [6, 6.07) is 6.14. The normalized spacial score (nSPS) is 12.1. The topological polar surface area (TPSA) is 13.1 Å². The average molecular weight is 269 g/mol. The van der Waals surface area contributed by atoms with Crippen molar-refractivity contribution in [2.45, 2.75) is 20.4 Å². The first kappa shape index (κ1) is 12.4. The van der Waals surface area contributed by atoms with Crippen LogP contribution in [0.4, 0.5) is 0 Å². The lowest BCUT2D eigenvalue weighted by molar-refractivity contribution is -0.665. The van der Waals surface area contributed by atoms with Crippen LogP contribution in [0.5, 0.6) is 5.75 Å². The van der Waals surface area contributed by atoms with Gasteiger partial charge in [-0.05, 0) is 26.0 Å². The van der Waals surface area contributed by atoms with Crippen molar-refractivity contribution < 1.29 is 9.30 Å². The quantitative estimate of drug-likeness (QED) is 0.772. The van der Waals surface area contributed by atoms with Gasteiger partial charge in [0, 0.05) is 11.1 Å². The predicted octanol–water partition coefficient (Wildman–Crippen LogP) is 3.82. The first-order valence-electron chi connectivity index (χ1n) is 5.50. The van der Waals surface area contributed by atoms with Crippen LogP contribution in [0.15, 0.2) is 23.2 Å². The first-order valence-corrected chi connectivity index (χ1v) is 6.69. The van der Waals surface area contributed by atoms with E-state index in [1.54, 1.807) is 18.4 Å². The van der Waals surface area contributed by atoms with E-state index in [0.717, 1.165) is 17.3 Å². The van der Waals surface area contributed by atoms with Crippen LogP contribution >= 0.6 is 22.9 Å². The zero-order valence-electron chi connectivity index (χ0n) is 10.2. The standard InChI is InChI=1S/C13H15ClNOS/c1-4-15-11-8-10(16-3)5-6-12(11)17-13(15)7-9(2)14/h5-8H,4H2,1-3H3/q+1/b9-7+. The molecule has 0 bridgehead atoms. The molecule has 0 aliphatic heterocycles. The summed E-state index contributed by atoms with van der Waals surface area (Å²) in [6.07, 6.45) is 2.00. The summed E-state index contributed by atoms with van der Waals surface area (Å²) < 4.78 is 8.75. The van der Waals surface area contributed by atoms with Gasteiger partial charge < -0.3 is 4.74 Å². The minimum absolute atomic E-state index is 0.797. The molecule has 17 heavy (non-hydrogen) atoms. The van der Waals surface area contributed by atoms with Gasteiger partial charge in [-0.3, -0.25) is 0 Å². The van der Waals surface area contributed by atoms with Crippen LogP contribution < -0.4 is 9.30 Å². The van der Waals surface area contributed by atoms with E-state index >= 15 is 0 Å². The van der Waals surface area contributed by atoms with E-state index in [1.807, 2.05) is 19.1 Å². The molecule has 0 saturated heterocycles. The maximum absolute atomic E-state index is 5.96. The fourth-order valence-electron chi connectivity index (χ4n) is 1.81. The number of fused-ring (bicyclic) bond motifs is 1. The van der Waals surface area contributed by atoms with Gasteiger partial charge in [0.2, 0.25) is 5.52 Å². The lowest BCUT2D eigenvalue weighted by atomic mass is 10.3. The summed E-state index contributed by atoms with van der Waals surface area (Å²) in [5.74, 6) is 0.885. The summed E-state index contributed by atoms with van der Waals surface area (Å²) in [5, 5.41) is 1.97. The Labute approximate surface area is 110 Å². The highest BCUT2D eigenvalue weighted by Crippen LogP contribution is 2.26. The molecule has 0 fully saturated rings. The molecule has 0 saturated carbocycles. The van der Waals surface area contributed by atoms with E-state index in [0.29, 0.717) is 0 Å². The molecular formula is C13H15ClNOS+. The van der Waals surface area contributed by atoms with Gasteiger partial charge in [0.15, 0.2) is 0 Å². The Morgan fingerprint density at radius 2 is 2.29 bits per heavy atom. The Balaban J connectivity index is 2.67. The van der Waals surface area contributed by atoms with Crippen LogP contribution in [0.3, 0.4) is 0 Å². The predicted molar refractivity (Wildman–Crippen MR) is 73.8 cm³/mol. The Kier molecular flexibility index (Phi) is 3.69. The fraction of sp³-hybridized carbons (Fsp3) is 0.308. The number of hydrogen-bond acceptors (Lipinski definition) is 2. The molecule has 0 radical (unpaired) electrons. The molecule has 90 valence electrons. The number of aromatic nitrogens is 1. The van der Waals surface area contributed by atoms with E-state index in [4.69, 9.17) is 16.3 Å². The van der Waals surface area contributed by atoms with Gasteiger partial charge in [-0.2, -0.15) is 4.57 Å². The summed E-state index contributed by atoms with van der Waals surface area (Å²) in [6.45, 7) is 4.95. The van der Waals surface area contributed by atoms with E-state index < -0.39 is 0 Å². The molecular weight excluding hydrogens is 254 g/mol. The molecule has 1 aromatic carbocycles. The monoisotopic (exact) mass is 268 g/mol. The molecule has 0 N–H and O–H groups in total. The number of benzene rings is 1. The van der Waals surface area contributed by atoms with Crippen molar-refractivity contribution in [2.75, 3.05) is 7.11 Å². The first-order chi connectivity index (χ1) is 8.15. The minimum atomic E-state index is 0.797. The number of halogens is 1. The third-order valence-corrected chi connectivity index (χ3v) is 3.80. The second-order valence-corrected chi connectivity index (χ2v) is 5.41. The second kappa shape index (κ2) is 5.07. The van der Waals surface area contributed by atoms with Crippen molar-refractivity contribution in [1.29, 1.82) is 0 Å². The summed E-state index contributed by atoms with van der Waals surface area (Å²) in [7, 11) is 1.69. The number of methoxy groups -OCH3 is 1. The van der Waals surface area contributed by atoms with Crippen LogP contribution in [0.25, 0.3) is 16.3 Å². The van der Waals surface area contributed by atoms with Crippen molar-refractivity contribution in [1.82, 2.24) is 0 Å². The fourth-order valence-corrected chi connectivity index (χ4v) is 3.19. The highest BCUT2D eigenvalue weighted by molar-refractivity contribution is 7.18. The van der Waals surface area contributed by atoms with Crippen LogP contribution in [-0.4, -0.2) is 7.11 Å². The second-order valence-electron chi connectivity index (χ2n) is 3.75. The zero-order valence-corrected chi connectivity index (χ0v) is 11.7. The smallest absolute Gasteiger partial charge is 0.263 e. The third-order valence-electron chi connectivity index (χ3n) is 2.58. The molecule has 0 aliphatic carbocycles. The number of nitrogens with zero attached hydrogens (tertiary/aromatic N) is 1. The molecule has 0 unspecified atom stereocenters. The average Bonchev–Trinajstić information content (AvgIpc) is 2.63. The van der Waals surface area contributed by atoms with Gasteiger partial charge in [-0.25, -0.2) is 0 Å². The Morgan fingerprint density at radius 1 is 1.53 bits per heavy atom. The lowest BCUT2D eigenvalue weighted by Gasteiger charge is -1.97. The van der Waals surface area contributed by atoms with Gasteiger partial charge in [-0.1, -0.05) is 22.9 Å². The highest BCUT2D eigenvalue weighted by Gasteiger charge is 2.17. The maximum atomic E-state index is 5.96. The molecule has 2 rings (SSSR count). The molecule has 1 aromatic heterocycles. The van der Waals surface area contributed by atoms with Crippen molar-refractivity contribution >= 4 is 39.2 Å². The van der Waals surface area contributed by atoms with Gasteiger partial charge in [0.25, 0.3) is 5.01 Å². The van der Waals surface area contributed by atoms with Gasteiger partial charge in [0.05, 0.1) is 13.2 Å². The van der Waals surface area contributed by atoms with Crippen LogP contribution in [-0.2, 0) is 6.54 Å². The summed E-state index contributed by atoms with van der Waals surface area (Å²) >= 11 is 7.70. The highest BCUT2D eigenvalue weighted by atomic mass is 35.5. The van der Waals surface area contributed by atoms with Crippen molar-refractivity contribution in [3.8, 4) is 5.75 Å². The number of aryl methyl sites for hydroxylation is 1. The molecule has 0 spiro atoms. The van der Waals surface area contributed by atoms with E-state index in [1.165, 1.54) is 15.2 Å². The SMILES string of the molecule is CC[n+]1c(/C=C(\C)Cl)sc2ccc(OC)cc21. The lowest BCUT2D eigenvalue weighted by Crippen LogP contribution is -2.33. The molecule has 4 heteroatoms. The Hall–Kier alpha value is -1.06. The van der Waals surface area contributed by atoms with E-state index in [9.17, 15) is 0 Å². The number of rotatable bonds is 3. The van der Waals surface area contributed by atoms with E-state index in [2.05, 4.69) is 23.6 Å². The molecule has 2 nitrogen and oxygen atoms in total. The number of ether oxygens (including phenoxy) is 1. The van der Waals surface area contributed by atoms with Crippen LogP contribution in [0, 0.1) is 0 Å². The third kappa shape index (κ3) is 2.45. The summed E-state index contributed by atoms with van der Waals surface area (Å²) in [4.78, 5) is 0. The molecule has 2 aromatic rings. The Morgan fingerprint density at radius 3 is 2.88 bits per heavy atom. The van der Waals surface area contributed by atoms with Gasteiger partial charge in [0.1, 0.15) is 17.0 Å². The molecule has 1 heterocycles. The number of hydrogen-bond donors (Lipinski definition) is 0. The van der Waals surface area contributed by atoms with Gasteiger partial charge >= 0.3 is 0 Å². The summed E-state index contributed by atoms with van der Waals surface area (Å²) in [5.41, 5.74) is 1.20. The largest absolute Gasteiger partial charge is 0.497 e. The zero-order chi connectivity index (χ0) is 12.4. The molecule has 0 amide bonds. The van der Waals surface area contributed by atoms with Crippen LogP contribution in [0.2, 0.25) is 0 Å². The number of allylic oxidation sites excluding steroid dienone is 1. The van der Waals surface area contributed by atoms with E-state index in [-0.39, 0.29) is 0 Å². The molecule has 0 atom stereocenters. The minimum Gasteiger partial charge on any atom is -0.497 e. The molecule has 0 aliphatic rings. The maximum Gasteiger partial charge on any atom is 0.263 e. The Bertz CT molecular complexity index is 570. The number of thiazole rings is 1. The van der Waals surface area contributed by atoms with Gasteiger partial charge in [-0.15, -0.1) is 0 Å². The van der Waals surface area contributed by atoms with Crippen LogP contribution in [0.1, 0.15) is 18.9 Å². The van der Waals surface area contributed by atoms with Crippen molar-refractivity contribution in [2.24, 2.45) is 0 Å². The van der Waals surface area contributed by atoms with Crippen molar-refractivity contribution in [3.63, 3.8) is 0 Å².